The molecule has 0 radical (unpaired) electrons. The normalized spacial score (nSPS) is 11.4. The molecule has 5 nitrogen and oxygen atoms in total. The minimum Gasteiger partial charge on any atom is -0.406 e. The van der Waals surface area contributed by atoms with Gasteiger partial charge in [-0.2, -0.15) is 0 Å². The standard InChI is InChI=1S/C26H16F4N4O/c27-19-9-6-16(7-10-19)17-8-11-22-23(13-17)33-24(18-3-2-12-31-15-18)34-25(22)32-20-4-1-5-21(14-20)35-26(28,29)30/h1-15H,(H,32,33,34). The van der Waals surface area contributed by atoms with Gasteiger partial charge in [0.05, 0.1) is 5.52 Å². The van der Waals surface area contributed by atoms with Crippen LogP contribution in [-0.4, -0.2) is 21.3 Å². The largest absolute Gasteiger partial charge is 0.573 e. The third-order valence-electron chi connectivity index (χ3n) is 5.12. The van der Waals surface area contributed by atoms with Gasteiger partial charge in [0.25, 0.3) is 0 Å². The Kier molecular flexibility index (Phi) is 5.74. The molecule has 0 spiro atoms. The lowest BCUT2D eigenvalue weighted by molar-refractivity contribution is -0.274. The van der Waals surface area contributed by atoms with Crippen LogP contribution in [0.4, 0.5) is 29.1 Å². The molecule has 0 bridgehead atoms. The summed E-state index contributed by atoms with van der Waals surface area (Å²) in [7, 11) is 0. The molecule has 0 unspecified atom stereocenters. The number of nitrogens with zero attached hydrogens (tertiary/aromatic N) is 3. The maximum Gasteiger partial charge on any atom is 0.573 e. The fraction of sp³-hybridized carbons (Fsp3) is 0.0385. The number of hydrogen-bond donors (Lipinski definition) is 1. The summed E-state index contributed by atoms with van der Waals surface area (Å²) in [5.74, 6) is 0.0848. The van der Waals surface area contributed by atoms with Crippen molar-refractivity contribution in [2.45, 2.75) is 6.36 Å². The van der Waals surface area contributed by atoms with E-state index >= 15 is 0 Å². The Morgan fingerprint density at radius 1 is 0.771 bits per heavy atom. The molecule has 0 amide bonds. The van der Waals surface area contributed by atoms with Gasteiger partial charge in [-0.3, -0.25) is 4.98 Å². The first-order valence-electron chi connectivity index (χ1n) is 10.4. The molecule has 5 rings (SSSR count). The van der Waals surface area contributed by atoms with Gasteiger partial charge in [0.1, 0.15) is 17.4 Å². The number of hydrogen-bond acceptors (Lipinski definition) is 5. The van der Waals surface area contributed by atoms with E-state index in [1.165, 1.54) is 30.3 Å². The minimum absolute atomic E-state index is 0.334. The summed E-state index contributed by atoms with van der Waals surface area (Å²) in [6.45, 7) is 0. The molecular weight excluding hydrogens is 460 g/mol. The topological polar surface area (TPSA) is 59.9 Å². The van der Waals surface area contributed by atoms with E-state index in [-0.39, 0.29) is 11.6 Å². The highest BCUT2D eigenvalue weighted by atomic mass is 19.4. The molecule has 0 aliphatic heterocycles. The zero-order valence-corrected chi connectivity index (χ0v) is 17.9. The Bertz CT molecular complexity index is 1490. The number of aromatic nitrogens is 3. The molecule has 0 atom stereocenters. The molecule has 9 heteroatoms. The fourth-order valence-corrected chi connectivity index (χ4v) is 3.58. The second-order valence-electron chi connectivity index (χ2n) is 7.58. The van der Waals surface area contributed by atoms with E-state index in [1.54, 1.807) is 48.8 Å². The van der Waals surface area contributed by atoms with Crippen molar-refractivity contribution in [1.29, 1.82) is 0 Å². The Hall–Kier alpha value is -4.53. The average molecular weight is 476 g/mol. The SMILES string of the molecule is Fc1ccc(-c2ccc3c(Nc4cccc(OC(F)(F)F)c4)nc(-c4cccnc4)nc3c2)cc1. The Morgan fingerprint density at radius 3 is 2.31 bits per heavy atom. The van der Waals surface area contributed by atoms with Crippen LogP contribution in [-0.2, 0) is 0 Å². The molecule has 2 heterocycles. The molecule has 2 aromatic heterocycles. The summed E-state index contributed by atoms with van der Waals surface area (Å²) in [6, 6.07) is 20.7. The maximum atomic E-state index is 13.4. The number of halogens is 4. The Balaban J connectivity index is 1.60. The van der Waals surface area contributed by atoms with Gasteiger partial charge < -0.3 is 10.1 Å². The van der Waals surface area contributed by atoms with Crippen molar-refractivity contribution in [2.75, 3.05) is 5.32 Å². The van der Waals surface area contributed by atoms with Gasteiger partial charge in [-0.15, -0.1) is 13.2 Å². The van der Waals surface area contributed by atoms with Crippen molar-refractivity contribution in [2.24, 2.45) is 0 Å². The zero-order chi connectivity index (χ0) is 24.4. The van der Waals surface area contributed by atoms with E-state index in [1.807, 2.05) is 12.1 Å². The van der Waals surface area contributed by atoms with Crippen LogP contribution in [0.3, 0.4) is 0 Å². The Morgan fingerprint density at radius 2 is 1.57 bits per heavy atom. The lowest BCUT2D eigenvalue weighted by Gasteiger charge is -2.14. The molecule has 0 aliphatic rings. The number of nitrogens with one attached hydrogen (secondary N) is 1. The van der Waals surface area contributed by atoms with Crippen LogP contribution in [0.15, 0.2) is 91.3 Å². The summed E-state index contributed by atoms with van der Waals surface area (Å²) in [5.41, 5.74) is 3.23. The zero-order valence-electron chi connectivity index (χ0n) is 17.9. The van der Waals surface area contributed by atoms with Crippen LogP contribution < -0.4 is 10.1 Å². The highest BCUT2D eigenvalue weighted by molar-refractivity contribution is 5.94. The van der Waals surface area contributed by atoms with E-state index in [0.717, 1.165) is 11.1 Å². The predicted octanol–water partition coefficient (Wildman–Crippen LogP) is 7.14. The highest BCUT2D eigenvalue weighted by Crippen LogP contribution is 2.32. The maximum absolute atomic E-state index is 13.4. The molecule has 3 aromatic carbocycles. The third kappa shape index (κ3) is 5.19. The van der Waals surface area contributed by atoms with Crippen LogP contribution in [0.25, 0.3) is 33.4 Å². The molecule has 0 saturated heterocycles. The lowest BCUT2D eigenvalue weighted by atomic mass is 10.0. The number of rotatable bonds is 5. The molecule has 35 heavy (non-hydrogen) atoms. The molecule has 1 N–H and O–H groups in total. The minimum atomic E-state index is -4.80. The van der Waals surface area contributed by atoms with Gasteiger partial charge in [-0.1, -0.05) is 24.3 Å². The van der Waals surface area contributed by atoms with E-state index in [4.69, 9.17) is 0 Å². The number of pyridine rings is 1. The van der Waals surface area contributed by atoms with Crippen molar-refractivity contribution >= 4 is 22.4 Å². The van der Waals surface area contributed by atoms with Gasteiger partial charge in [0.15, 0.2) is 5.82 Å². The third-order valence-corrected chi connectivity index (χ3v) is 5.12. The number of alkyl halides is 3. The molecule has 174 valence electrons. The van der Waals surface area contributed by atoms with Crippen molar-refractivity contribution in [3.8, 4) is 28.3 Å². The average Bonchev–Trinajstić information content (AvgIpc) is 2.84. The Labute approximate surface area is 197 Å². The summed E-state index contributed by atoms with van der Waals surface area (Å²) in [5, 5.41) is 3.73. The van der Waals surface area contributed by atoms with Gasteiger partial charge in [0, 0.05) is 35.1 Å². The van der Waals surface area contributed by atoms with Crippen molar-refractivity contribution < 1.29 is 22.3 Å². The van der Waals surface area contributed by atoms with Gasteiger partial charge in [0.2, 0.25) is 0 Å². The monoisotopic (exact) mass is 476 g/mol. The van der Waals surface area contributed by atoms with Crippen LogP contribution >= 0.6 is 0 Å². The molecule has 0 fully saturated rings. The van der Waals surface area contributed by atoms with E-state index < -0.39 is 6.36 Å². The first-order valence-corrected chi connectivity index (χ1v) is 10.4. The van der Waals surface area contributed by atoms with Gasteiger partial charge >= 0.3 is 6.36 Å². The molecular formula is C26H16F4N4O. The lowest BCUT2D eigenvalue weighted by Crippen LogP contribution is -2.17. The quantitative estimate of drug-likeness (QED) is 0.273. The van der Waals surface area contributed by atoms with Crippen LogP contribution in [0.5, 0.6) is 5.75 Å². The predicted molar refractivity (Wildman–Crippen MR) is 125 cm³/mol. The highest BCUT2D eigenvalue weighted by Gasteiger charge is 2.31. The second kappa shape index (κ2) is 9.02. The van der Waals surface area contributed by atoms with Crippen molar-refractivity contribution in [3.63, 3.8) is 0 Å². The molecule has 0 aliphatic carbocycles. The molecule has 0 saturated carbocycles. The second-order valence-corrected chi connectivity index (χ2v) is 7.58. The summed E-state index contributed by atoms with van der Waals surface area (Å²) in [6.07, 6.45) is -1.56. The van der Waals surface area contributed by atoms with E-state index in [9.17, 15) is 17.6 Å². The molecule has 5 aromatic rings. The number of fused-ring (bicyclic) bond motifs is 1. The summed E-state index contributed by atoms with van der Waals surface area (Å²) >= 11 is 0. The number of benzene rings is 3. The van der Waals surface area contributed by atoms with Crippen LogP contribution in [0.1, 0.15) is 0 Å². The van der Waals surface area contributed by atoms with Gasteiger partial charge in [-0.05, 0) is 59.7 Å². The number of anilines is 2. The van der Waals surface area contributed by atoms with Gasteiger partial charge in [-0.25, -0.2) is 14.4 Å². The number of ether oxygens (including phenoxy) is 1. The van der Waals surface area contributed by atoms with Crippen LogP contribution in [0.2, 0.25) is 0 Å². The smallest absolute Gasteiger partial charge is 0.406 e. The first kappa shape index (κ1) is 22.3. The summed E-state index contributed by atoms with van der Waals surface area (Å²) in [4.78, 5) is 13.4. The van der Waals surface area contributed by atoms with Crippen molar-refractivity contribution in [1.82, 2.24) is 15.0 Å². The first-order chi connectivity index (χ1) is 16.8. The summed E-state index contributed by atoms with van der Waals surface area (Å²) < 4.78 is 55.4. The fourth-order valence-electron chi connectivity index (χ4n) is 3.58. The van der Waals surface area contributed by atoms with Crippen LogP contribution in [0, 0.1) is 5.82 Å². The van der Waals surface area contributed by atoms with E-state index in [0.29, 0.717) is 33.8 Å². The van der Waals surface area contributed by atoms with E-state index in [2.05, 4.69) is 25.0 Å². The van der Waals surface area contributed by atoms with Crippen molar-refractivity contribution in [3.05, 3.63) is 97.1 Å².